The molecule has 2 aromatic heterocycles. The number of aromatic amines is 1. The number of pyridine rings is 1. The summed E-state index contributed by atoms with van der Waals surface area (Å²) in [5.74, 6) is 0.625. The van der Waals surface area contributed by atoms with E-state index in [-0.39, 0.29) is 23.0 Å². The molecule has 8 nitrogen and oxygen atoms in total. The number of ether oxygens (including phenoxy) is 1. The Bertz CT molecular complexity index is 1180. The van der Waals surface area contributed by atoms with Crippen molar-refractivity contribution in [1.82, 2.24) is 19.4 Å². The fraction of sp³-hybridized carbons (Fsp3) is 0.333. The van der Waals surface area contributed by atoms with Crippen LogP contribution in [0.2, 0.25) is 0 Å². The summed E-state index contributed by atoms with van der Waals surface area (Å²) in [7, 11) is 1.53. The number of hydrogen-bond donors (Lipinski definition) is 1. The van der Waals surface area contributed by atoms with Gasteiger partial charge in [-0.3, -0.25) is 19.1 Å². The Balaban J connectivity index is 1.66. The summed E-state index contributed by atoms with van der Waals surface area (Å²) in [5.41, 5.74) is 0.548. The number of nitrogens with zero attached hydrogens (tertiary/aromatic N) is 3. The number of benzene rings is 1. The molecule has 29 heavy (non-hydrogen) atoms. The van der Waals surface area contributed by atoms with E-state index in [0.29, 0.717) is 18.7 Å². The molecule has 1 unspecified atom stereocenters. The molecule has 0 radical (unpaired) electrons. The molecular formula is C21H22N4O4. The molecule has 1 aliphatic heterocycles. The van der Waals surface area contributed by atoms with E-state index in [4.69, 9.17) is 4.74 Å². The van der Waals surface area contributed by atoms with Crippen molar-refractivity contribution >= 4 is 16.9 Å². The molecule has 1 aliphatic rings. The molecular weight excluding hydrogens is 372 g/mol. The quantitative estimate of drug-likeness (QED) is 0.730. The topological polar surface area (TPSA) is 97.3 Å². The van der Waals surface area contributed by atoms with E-state index < -0.39 is 11.2 Å². The first-order chi connectivity index (χ1) is 14.0. The number of hydrogen-bond acceptors (Lipinski definition) is 5. The van der Waals surface area contributed by atoms with Gasteiger partial charge in [-0.05, 0) is 43.5 Å². The van der Waals surface area contributed by atoms with Crippen molar-refractivity contribution in [2.24, 2.45) is 7.05 Å². The highest BCUT2D eigenvalue weighted by molar-refractivity contribution is 5.97. The Labute approximate surface area is 166 Å². The number of aromatic nitrogens is 3. The highest BCUT2D eigenvalue weighted by Crippen LogP contribution is 2.34. The second-order valence-electron chi connectivity index (χ2n) is 7.07. The van der Waals surface area contributed by atoms with Crippen LogP contribution in [0, 0.1) is 0 Å². The third-order valence-corrected chi connectivity index (χ3v) is 5.29. The zero-order chi connectivity index (χ0) is 20.5. The van der Waals surface area contributed by atoms with Gasteiger partial charge in [0.25, 0.3) is 11.5 Å². The number of H-pyrrole nitrogens is 1. The largest absolute Gasteiger partial charge is 0.494 e. The monoisotopic (exact) mass is 394 g/mol. The lowest BCUT2D eigenvalue weighted by Gasteiger charge is -2.25. The van der Waals surface area contributed by atoms with Crippen LogP contribution in [0.3, 0.4) is 0 Å². The van der Waals surface area contributed by atoms with Crippen molar-refractivity contribution in [3.8, 4) is 5.75 Å². The van der Waals surface area contributed by atoms with Gasteiger partial charge in [-0.15, -0.1) is 0 Å². The standard InChI is InChI=1S/C21H22N4O4/c1-3-29-15-8-6-13(7-9-15)17-5-4-10-25(17)20(27)14-11-16-18(22-12-14)24(2)21(28)23-19(16)26/h6-9,11-12,17H,3-5,10H2,1-2H3,(H,23,26,28). The van der Waals surface area contributed by atoms with Crippen molar-refractivity contribution in [2.45, 2.75) is 25.8 Å². The normalized spacial score (nSPS) is 16.3. The lowest BCUT2D eigenvalue weighted by atomic mass is 10.0. The van der Waals surface area contributed by atoms with E-state index >= 15 is 0 Å². The number of amides is 1. The highest BCUT2D eigenvalue weighted by Gasteiger charge is 2.31. The molecule has 1 atom stereocenters. The number of carbonyl (C=O) groups is 1. The van der Waals surface area contributed by atoms with E-state index in [9.17, 15) is 14.4 Å². The molecule has 0 aliphatic carbocycles. The van der Waals surface area contributed by atoms with Crippen LogP contribution in [0.4, 0.5) is 0 Å². The van der Waals surface area contributed by atoms with Crippen LogP contribution in [0.1, 0.15) is 41.7 Å². The van der Waals surface area contributed by atoms with Gasteiger partial charge in [0.2, 0.25) is 0 Å². The number of likely N-dealkylation sites (tertiary alicyclic amines) is 1. The van der Waals surface area contributed by atoms with Gasteiger partial charge in [0.1, 0.15) is 11.4 Å². The van der Waals surface area contributed by atoms with Crippen molar-refractivity contribution in [1.29, 1.82) is 0 Å². The third-order valence-electron chi connectivity index (χ3n) is 5.29. The maximum atomic E-state index is 13.2. The van der Waals surface area contributed by atoms with E-state index in [2.05, 4.69) is 9.97 Å². The van der Waals surface area contributed by atoms with Crippen LogP contribution in [-0.2, 0) is 7.05 Å². The molecule has 0 bridgehead atoms. The summed E-state index contributed by atoms with van der Waals surface area (Å²) in [6.07, 6.45) is 3.20. The average Bonchev–Trinajstić information content (AvgIpc) is 3.22. The zero-order valence-electron chi connectivity index (χ0n) is 16.3. The second-order valence-corrected chi connectivity index (χ2v) is 7.07. The van der Waals surface area contributed by atoms with Crippen molar-refractivity contribution in [2.75, 3.05) is 13.2 Å². The lowest BCUT2D eigenvalue weighted by Crippen LogP contribution is -2.32. The summed E-state index contributed by atoms with van der Waals surface area (Å²) in [4.78, 5) is 45.4. The van der Waals surface area contributed by atoms with Crippen LogP contribution in [0.25, 0.3) is 11.0 Å². The van der Waals surface area contributed by atoms with Crippen LogP contribution >= 0.6 is 0 Å². The van der Waals surface area contributed by atoms with Crippen LogP contribution in [0.5, 0.6) is 5.75 Å². The summed E-state index contributed by atoms with van der Waals surface area (Å²) in [5, 5.41) is 0.217. The first kappa shape index (κ1) is 18.9. The van der Waals surface area contributed by atoms with Gasteiger partial charge in [0, 0.05) is 19.8 Å². The molecule has 1 amide bonds. The number of fused-ring (bicyclic) bond motifs is 1. The Morgan fingerprint density at radius 1 is 1.28 bits per heavy atom. The molecule has 1 aromatic carbocycles. The second kappa shape index (κ2) is 7.54. The fourth-order valence-electron chi connectivity index (χ4n) is 3.83. The Morgan fingerprint density at radius 3 is 2.76 bits per heavy atom. The first-order valence-electron chi connectivity index (χ1n) is 9.62. The average molecular weight is 394 g/mol. The molecule has 1 fully saturated rings. The van der Waals surface area contributed by atoms with E-state index in [1.54, 1.807) is 0 Å². The fourth-order valence-corrected chi connectivity index (χ4v) is 3.83. The number of carbonyl (C=O) groups excluding carboxylic acids is 1. The molecule has 1 N–H and O–H groups in total. The summed E-state index contributed by atoms with van der Waals surface area (Å²) < 4.78 is 6.75. The molecule has 0 saturated carbocycles. The van der Waals surface area contributed by atoms with Gasteiger partial charge in [-0.2, -0.15) is 0 Å². The molecule has 4 rings (SSSR count). The predicted molar refractivity (Wildman–Crippen MR) is 108 cm³/mol. The predicted octanol–water partition coefficient (Wildman–Crippen LogP) is 2.00. The molecule has 1 saturated heterocycles. The maximum absolute atomic E-state index is 13.2. The summed E-state index contributed by atoms with van der Waals surface area (Å²) in [6, 6.07) is 9.28. The van der Waals surface area contributed by atoms with Gasteiger partial charge in [0.15, 0.2) is 0 Å². The van der Waals surface area contributed by atoms with Crippen molar-refractivity contribution < 1.29 is 9.53 Å². The van der Waals surface area contributed by atoms with Crippen molar-refractivity contribution in [3.05, 3.63) is 68.5 Å². The Hall–Kier alpha value is -3.42. The minimum absolute atomic E-state index is 0.0349. The van der Waals surface area contributed by atoms with Crippen molar-refractivity contribution in [3.63, 3.8) is 0 Å². The van der Waals surface area contributed by atoms with Gasteiger partial charge < -0.3 is 9.64 Å². The minimum Gasteiger partial charge on any atom is -0.494 e. The van der Waals surface area contributed by atoms with Gasteiger partial charge in [-0.1, -0.05) is 12.1 Å². The molecule has 0 spiro atoms. The van der Waals surface area contributed by atoms with Crippen LogP contribution < -0.4 is 16.0 Å². The maximum Gasteiger partial charge on any atom is 0.329 e. The highest BCUT2D eigenvalue weighted by atomic mass is 16.5. The molecule has 3 heterocycles. The number of aryl methyl sites for hydroxylation is 1. The van der Waals surface area contributed by atoms with Gasteiger partial charge in [0.05, 0.1) is 23.6 Å². The minimum atomic E-state index is -0.547. The third kappa shape index (κ3) is 3.41. The SMILES string of the molecule is CCOc1ccc(C2CCCN2C(=O)c2cnc3c(c2)c(=O)[nH]c(=O)n3C)cc1. The van der Waals surface area contributed by atoms with E-state index in [1.807, 2.05) is 36.1 Å². The lowest BCUT2D eigenvalue weighted by molar-refractivity contribution is 0.0735. The Kier molecular flexibility index (Phi) is 4.92. The Morgan fingerprint density at radius 2 is 2.03 bits per heavy atom. The summed E-state index contributed by atoms with van der Waals surface area (Å²) >= 11 is 0. The summed E-state index contributed by atoms with van der Waals surface area (Å²) in [6.45, 7) is 3.18. The van der Waals surface area contributed by atoms with Crippen LogP contribution in [0.15, 0.2) is 46.1 Å². The number of nitrogens with one attached hydrogen (secondary N) is 1. The number of rotatable bonds is 4. The van der Waals surface area contributed by atoms with Gasteiger partial charge >= 0.3 is 5.69 Å². The van der Waals surface area contributed by atoms with E-state index in [1.165, 1.54) is 23.9 Å². The molecule has 8 heteroatoms. The van der Waals surface area contributed by atoms with Gasteiger partial charge in [-0.25, -0.2) is 9.78 Å². The molecule has 3 aromatic rings. The zero-order valence-corrected chi connectivity index (χ0v) is 16.3. The van der Waals surface area contributed by atoms with Crippen LogP contribution in [-0.4, -0.2) is 38.5 Å². The smallest absolute Gasteiger partial charge is 0.329 e. The first-order valence-corrected chi connectivity index (χ1v) is 9.62. The van der Waals surface area contributed by atoms with E-state index in [0.717, 1.165) is 24.2 Å². The molecule has 150 valence electrons.